The third kappa shape index (κ3) is 6.03. The van der Waals surface area contributed by atoms with Crippen LogP contribution in [0, 0.1) is 30.8 Å². The molecule has 3 aromatic rings. The molecular weight excluding hydrogens is 551 g/mol. The van der Waals surface area contributed by atoms with Gasteiger partial charge in [-0.05, 0) is 57.6 Å². The van der Waals surface area contributed by atoms with Gasteiger partial charge in [0.15, 0.2) is 5.13 Å². The van der Waals surface area contributed by atoms with Crippen LogP contribution in [0.15, 0.2) is 22.7 Å². The van der Waals surface area contributed by atoms with Crippen molar-refractivity contribution in [3.63, 3.8) is 0 Å². The first kappa shape index (κ1) is 28.9. The Bertz CT molecular complexity index is 1450. The predicted molar refractivity (Wildman–Crippen MR) is 151 cm³/mol. The summed E-state index contributed by atoms with van der Waals surface area (Å²) in [6.45, 7) is 5.31. The van der Waals surface area contributed by atoms with Gasteiger partial charge in [-0.2, -0.15) is 4.39 Å². The zero-order valence-corrected chi connectivity index (χ0v) is 24.1. The Labute approximate surface area is 241 Å². The van der Waals surface area contributed by atoms with Crippen molar-refractivity contribution in [2.24, 2.45) is 11.8 Å². The monoisotopic (exact) mass is 584 g/mol. The molecular formula is C29H33FN4O6S. The van der Waals surface area contributed by atoms with E-state index in [-0.39, 0.29) is 29.1 Å². The van der Waals surface area contributed by atoms with E-state index in [2.05, 4.69) is 9.97 Å². The number of pyridine rings is 1. The second-order valence-corrected chi connectivity index (χ2v) is 11.5. The number of hydrogen-bond acceptors (Lipinski definition) is 8. The second kappa shape index (κ2) is 12.1. The molecule has 2 aliphatic rings. The summed E-state index contributed by atoms with van der Waals surface area (Å²) in [4.78, 5) is 49.1. The molecule has 2 aliphatic heterocycles. The number of hydrogen-bond donors (Lipinski definition) is 1. The number of ether oxygens (including phenoxy) is 1. The number of carbonyl (C=O) groups excluding carboxylic acids is 2. The maximum atomic E-state index is 15.5. The van der Waals surface area contributed by atoms with Crippen LogP contribution in [0.1, 0.15) is 50.0 Å². The number of carbonyl (C=O) groups is 3. The summed E-state index contributed by atoms with van der Waals surface area (Å²) in [6.07, 6.45) is 4.59. The van der Waals surface area contributed by atoms with Crippen LogP contribution in [0.4, 0.5) is 15.3 Å². The first-order valence-electron chi connectivity index (χ1n) is 13.7. The third-order valence-electron chi connectivity index (χ3n) is 7.80. The highest BCUT2D eigenvalue weighted by Gasteiger charge is 2.32. The quantitative estimate of drug-likeness (QED) is 0.363. The van der Waals surface area contributed by atoms with E-state index in [4.69, 9.17) is 9.15 Å². The molecule has 1 atom stereocenters. The topological polar surface area (TPSA) is 126 Å². The number of amides is 2. The van der Waals surface area contributed by atoms with Gasteiger partial charge in [-0.15, -0.1) is 0 Å². The Kier molecular flexibility index (Phi) is 8.50. The molecule has 1 N–H and O–H groups in total. The van der Waals surface area contributed by atoms with Crippen LogP contribution in [0.3, 0.4) is 0 Å². The summed E-state index contributed by atoms with van der Waals surface area (Å²) in [5.74, 6) is -0.406. The Morgan fingerprint density at radius 3 is 2.59 bits per heavy atom. The summed E-state index contributed by atoms with van der Waals surface area (Å²) in [7, 11) is 1.50. The Hall–Kier alpha value is -3.64. The van der Waals surface area contributed by atoms with Gasteiger partial charge in [0.25, 0.3) is 0 Å². The van der Waals surface area contributed by atoms with Gasteiger partial charge in [0.05, 0.1) is 12.0 Å². The van der Waals surface area contributed by atoms with Crippen LogP contribution in [0.25, 0.3) is 22.4 Å². The smallest absolute Gasteiger partial charge is 0.304 e. The molecule has 10 nitrogen and oxygen atoms in total. The van der Waals surface area contributed by atoms with Gasteiger partial charge in [-0.1, -0.05) is 11.3 Å². The zero-order valence-electron chi connectivity index (χ0n) is 23.3. The minimum Gasteiger partial charge on any atom is -0.481 e. The summed E-state index contributed by atoms with van der Waals surface area (Å²) >= 11 is 0.728. The molecule has 1 unspecified atom stereocenters. The van der Waals surface area contributed by atoms with Crippen molar-refractivity contribution in [2.45, 2.75) is 52.4 Å². The largest absolute Gasteiger partial charge is 0.481 e. The van der Waals surface area contributed by atoms with E-state index < -0.39 is 22.9 Å². The molecule has 0 bridgehead atoms. The van der Waals surface area contributed by atoms with Crippen molar-refractivity contribution in [3.05, 3.63) is 35.0 Å². The lowest BCUT2D eigenvalue weighted by Gasteiger charge is -2.27. The van der Waals surface area contributed by atoms with Gasteiger partial charge in [-0.25, -0.2) is 9.97 Å². The number of nitrogens with zero attached hydrogens (tertiary/aromatic N) is 4. The molecule has 41 heavy (non-hydrogen) atoms. The van der Waals surface area contributed by atoms with Crippen molar-refractivity contribution in [2.75, 3.05) is 36.6 Å². The van der Waals surface area contributed by atoms with Crippen molar-refractivity contribution in [1.29, 1.82) is 0 Å². The summed E-state index contributed by atoms with van der Waals surface area (Å²) < 4.78 is 26.8. The van der Waals surface area contributed by atoms with Crippen molar-refractivity contribution in [1.82, 2.24) is 9.97 Å². The molecule has 3 aromatic heterocycles. The molecule has 0 aliphatic carbocycles. The van der Waals surface area contributed by atoms with Crippen molar-refractivity contribution < 1.29 is 33.0 Å². The van der Waals surface area contributed by atoms with Gasteiger partial charge >= 0.3 is 5.97 Å². The highest BCUT2D eigenvalue weighted by Crippen LogP contribution is 2.43. The molecule has 0 aromatic carbocycles. The van der Waals surface area contributed by atoms with E-state index in [1.165, 1.54) is 11.9 Å². The molecule has 2 saturated heterocycles. The van der Waals surface area contributed by atoms with E-state index in [0.29, 0.717) is 66.6 Å². The van der Waals surface area contributed by atoms with Crippen LogP contribution in [-0.4, -0.2) is 59.7 Å². The molecule has 0 spiro atoms. The highest BCUT2D eigenvalue weighted by molar-refractivity contribution is 7.14. The number of aromatic nitrogens is 2. The maximum Gasteiger partial charge on any atom is 0.304 e. The summed E-state index contributed by atoms with van der Waals surface area (Å²) in [5, 5.41) is 9.02. The Balaban J connectivity index is 1.42. The average molecular weight is 585 g/mol. The van der Waals surface area contributed by atoms with Crippen molar-refractivity contribution >= 4 is 40.1 Å². The van der Waals surface area contributed by atoms with Crippen molar-refractivity contribution in [3.8, 4) is 22.4 Å². The van der Waals surface area contributed by atoms with Gasteiger partial charge in [0.1, 0.15) is 23.0 Å². The maximum absolute atomic E-state index is 15.5. The van der Waals surface area contributed by atoms with Crippen LogP contribution >= 0.6 is 11.3 Å². The lowest BCUT2D eigenvalue weighted by atomic mass is 9.86. The minimum absolute atomic E-state index is 0.0374. The number of rotatable bonds is 9. The summed E-state index contributed by atoms with van der Waals surface area (Å²) in [6, 6.07) is 3.59. The van der Waals surface area contributed by atoms with E-state index in [1.54, 1.807) is 31.0 Å². The summed E-state index contributed by atoms with van der Waals surface area (Å²) in [5.41, 5.74) is 1.81. The highest BCUT2D eigenvalue weighted by atomic mass is 32.1. The number of halogens is 1. The fourth-order valence-corrected chi connectivity index (χ4v) is 6.49. The third-order valence-corrected chi connectivity index (χ3v) is 8.72. The van der Waals surface area contributed by atoms with Crippen LogP contribution in [-0.2, 0) is 19.1 Å². The van der Waals surface area contributed by atoms with E-state index in [1.807, 2.05) is 6.07 Å². The lowest BCUT2D eigenvalue weighted by molar-refractivity contribution is -0.141. The second-order valence-electron chi connectivity index (χ2n) is 10.6. The molecule has 5 rings (SSSR count). The number of carboxylic acid groups (broad SMARTS) is 1. The number of carboxylic acids is 1. The van der Waals surface area contributed by atoms with E-state index in [0.717, 1.165) is 30.6 Å². The molecule has 0 saturated carbocycles. The van der Waals surface area contributed by atoms with E-state index >= 15 is 4.39 Å². The zero-order chi connectivity index (χ0) is 29.3. The number of aliphatic carboxylic acids is 1. The fourth-order valence-electron chi connectivity index (χ4n) is 5.72. The van der Waals surface area contributed by atoms with Crippen LogP contribution in [0.2, 0.25) is 0 Å². The molecule has 2 amide bonds. The Morgan fingerprint density at radius 2 is 1.95 bits per heavy atom. The molecule has 0 radical (unpaired) electrons. The number of anilines is 2. The van der Waals surface area contributed by atoms with Gasteiger partial charge in [0.2, 0.25) is 16.9 Å². The molecule has 218 valence electrons. The molecule has 2 fully saturated rings. The molecule has 5 heterocycles. The number of furan rings is 1. The standard InChI is InChI=1S/C29H33FN4O6S/c1-16-24(19-6-7-21(31-15-19)34-10-4-5-22(34)35)25(17(2)40-16)26-27(30)41-29(32-26)33(3)28(38)20(14-23(36)37)13-18-8-11-39-12-9-18/h6-7,15,18,20H,4-5,8-14H2,1-3H3,(H,36,37). The van der Waals surface area contributed by atoms with Crippen LogP contribution < -0.4 is 9.80 Å². The number of thiazole rings is 1. The molecule has 12 heteroatoms. The average Bonchev–Trinajstić information content (AvgIpc) is 3.63. The fraction of sp³-hybridized carbons (Fsp3) is 0.483. The Morgan fingerprint density at radius 1 is 1.22 bits per heavy atom. The normalized spacial score (nSPS) is 16.8. The van der Waals surface area contributed by atoms with E-state index in [9.17, 15) is 19.5 Å². The van der Waals surface area contributed by atoms with Gasteiger partial charge in [0, 0.05) is 56.5 Å². The lowest BCUT2D eigenvalue weighted by Crippen LogP contribution is -2.35. The van der Waals surface area contributed by atoms with Crippen LogP contribution in [0.5, 0.6) is 0 Å². The van der Waals surface area contributed by atoms with Gasteiger partial charge in [-0.3, -0.25) is 24.2 Å². The first-order chi connectivity index (χ1) is 19.6. The SMILES string of the molecule is Cc1oc(C)c(-c2nc(N(C)C(=O)C(CC(=O)O)CC3CCOCC3)sc2F)c1-c1ccc(N2CCCC2=O)nc1. The predicted octanol–water partition coefficient (Wildman–Crippen LogP) is 5.22. The number of aryl methyl sites for hydroxylation is 2. The minimum atomic E-state index is -1.06. The first-order valence-corrected chi connectivity index (χ1v) is 14.6. The van der Waals surface area contributed by atoms with Gasteiger partial charge < -0.3 is 14.3 Å².